The Morgan fingerprint density at radius 2 is 1.06 bits per heavy atom. The third-order valence-corrected chi connectivity index (χ3v) is 8.56. The lowest BCUT2D eigenvalue weighted by Gasteiger charge is -2.41. The van der Waals surface area contributed by atoms with Crippen LogP contribution in [0.1, 0.15) is 51.4 Å². The van der Waals surface area contributed by atoms with Crippen molar-refractivity contribution in [3.63, 3.8) is 0 Å². The number of rotatable bonds is 6. The molecular weight excluding hydrogens is 440 g/mol. The van der Waals surface area contributed by atoms with E-state index in [9.17, 15) is 9.59 Å². The summed E-state index contributed by atoms with van der Waals surface area (Å²) in [5, 5.41) is 0. The Hall–Kier alpha value is -1.22. The van der Waals surface area contributed by atoms with Crippen molar-refractivity contribution in [2.45, 2.75) is 63.5 Å². The van der Waals surface area contributed by atoms with Gasteiger partial charge in [-0.1, -0.05) is 0 Å². The molecule has 0 radical (unpaired) electrons. The first-order valence-electron chi connectivity index (χ1n) is 13.9. The smallest absolute Gasteiger partial charge is 0.237 e. The Labute approximate surface area is 214 Å². The molecule has 202 valence electrons. The highest BCUT2D eigenvalue weighted by Gasteiger charge is 2.33. The maximum absolute atomic E-state index is 11.7. The Kier molecular flexibility index (Phi) is 10.8. The van der Waals surface area contributed by atoms with E-state index < -0.39 is 0 Å². The standard InChI is InChI=1S/C14H27N3O.C13H25N3O/c1-15(2)10-12-4-6-13(7-5-12)17-9-8-16(3)14(18)11-17;1-14(2)8-11-4-6-12(7-5-11)16-9-13(17)15(3)10-16/h12-13H,4-11H2,1-3H3;11-12H,4-10H2,1-3H3. The molecule has 4 fully saturated rings. The van der Waals surface area contributed by atoms with Crippen molar-refractivity contribution < 1.29 is 9.59 Å². The van der Waals surface area contributed by atoms with Crippen molar-refractivity contribution in [2.75, 3.05) is 88.2 Å². The van der Waals surface area contributed by atoms with Gasteiger partial charge in [-0.25, -0.2) is 0 Å². The average molecular weight is 493 g/mol. The summed E-state index contributed by atoms with van der Waals surface area (Å²) in [7, 11) is 12.4. The predicted octanol–water partition coefficient (Wildman–Crippen LogP) is 1.72. The predicted molar refractivity (Wildman–Crippen MR) is 142 cm³/mol. The maximum Gasteiger partial charge on any atom is 0.237 e. The van der Waals surface area contributed by atoms with Crippen molar-refractivity contribution >= 4 is 11.8 Å². The van der Waals surface area contributed by atoms with Crippen LogP contribution in [0.25, 0.3) is 0 Å². The van der Waals surface area contributed by atoms with Gasteiger partial charge >= 0.3 is 0 Å². The van der Waals surface area contributed by atoms with Gasteiger partial charge < -0.3 is 19.6 Å². The zero-order valence-corrected chi connectivity index (χ0v) is 23.4. The molecular formula is C27H52N6O2. The summed E-state index contributed by atoms with van der Waals surface area (Å²) < 4.78 is 0. The van der Waals surface area contributed by atoms with Crippen LogP contribution < -0.4 is 0 Å². The lowest BCUT2D eigenvalue weighted by molar-refractivity contribution is -0.135. The van der Waals surface area contributed by atoms with Crippen molar-refractivity contribution in [3.8, 4) is 0 Å². The van der Waals surface area contributed by atoms with Crippen LogP contribution in [-0.2, 0) is 9.59 Å². The molecule has 0 aromatic heterocycles. The molecule has 0 atom stereocenters. The maximum atomic E-state index is 11.7. The third kappa shape index (κ3) is 8.69. The van der Waals surface area contributed by atoms with Gasteiger partial charge in [-0.15, -0.1) is 0 Å². The number of piperazine rings is 1. The highest BCUT2D eigenvalue weighted by molar-refractivity contribution is 5.79. The second-order valence-electron chi connectivity index (χ2n) is 12.1. The number of carbonyl (C=O) groups excluding carboxylic acids is 2. The second-order valence-corrected chi connectivity index (χ2v) is 12.1. The molecule has 8 nitrogen and oxygen atoms in total. The summed E-state index contributed by atoms with van der Waals surface area (Å²) >= 11 is 0. The molecule has 35 heavy (non-hydrogen) atoms. The molecule has 2 saturated carbocycles. The molecule has 0 bridgehead atoms. The molecule has 0 aromatic carbocycles. The normalized spacial score (nSPS) is 31.3. The molecule has 2 aliphatic heterocycles. The Bertz CT molecular complexity index is 671. The van der Waals surface area contributed by atoms with Crippen LogP contribution in [0.2, 0.25) is 0 Å². The molecule has 2 amide bonds. The van der Waals surface area contributed by atoms with Crippen molar-refractivity contribution in [3.05, 3.63) is 0 Å². The van der Waals surface area contributed by atoms with E-state index in [2.05, 4.69) is 47.8 Å². The molecule has 0 aromatic rings. The molecule has 8 heteroatoms. The summed E-state index contributed by atoms with van der Waals surface area (Å²) in [5.41, 5.74) is 0. The van der Waals surface area contributed by atoms with Crippen LogP contribution in [0.15, 0.2) is 0 Å². The monoisotopic (exact) mass is 492 g/mol. The molecule has 4 aliphatic rings. The highest BCUT2D eigenvalue weighted by Crippen LogP contribution is 2.30. The number of hydrogen-bond acceptors (Lipinski definition) is 6. The van der Waals surface area contributed by atoms with E-state index in [0.29, 0.717) is 25.2 Å². The topological polar surface area (TPSA) is 53.6 Å². The van der Waals surface area contributed by atoms with E-state index in [1.165, 1.54) is 64.5 Å². The van der Waals surface area contributed by atoms with Crippen LogP contribution >= 0.6 is 0 Å². The Morgan fingerprint density at radius 1 is 0.629 bits per heavy atom. The summed E-state index contributed by atoms with van der Waals surface area (Å²) in [5.74, 6) is 2.29. The van der Waals surface area contributed by atoms with E-state index in [1.807, 2.05) is 23.9 Å². The third-order valence-electron chi connectivity index (χ3n) is 8.56. The first-order valence-corrected chi connectivity index (χ1v) is 13.9. The van der Waals surface area contributed by atoms with E-state index >= 15 is 0 Å². The van der Waals surface area contributed by atoms with Gasteiger partial charge in [0.15, 0.2) is 0 Å². The number of likely N-dealkylation sites (N-methyl/N-ethyl adjacent to an activating group) is 2. The minimum Gasteiger partial charge on any atom is -0.343 e. The summed E-state index contributed by atoms with van der Waals surface area (Å²) in [6.07, 6.45) is 10.4. The van der Waals surface area contributed by atoms with Gasteiger partial charge in [-0.2, -0.15) is 0 Å². The zero-order valence-electron chi connectivity index (χ0n) is 23.4. The van der Waals surface area contributed by atoms with Crippen LogP contribution in [-0.4, -0.2) is 142 Å². The van der Waals surface area contributed by atoms with Gasteiger partial charge in [0.1, 0.15) is 0 Å². The minimum atomic E-state index is 0.278. The van der Waals surface area contributed by atoms with Crippen LogP contribution in [0.3, 0.4) is 0 Å². The van der Waals surface area contributed by atoms with Crippen molar-refractivity contribution in [2.24, 2.45) is 11.8 Å². The van der Waals surface area contributed by atoms with Gasteiger partial charge in [0.05, 0.1) is 19.8 Å². The van der Waals surface area contributed by atoms with E-state index in [0.717, 1.165) is 31.6 Å². The molecule has 0 unspecified atom stereocenters. The fourth-order valence-corrected chi connectivity index (χ4v) is 6.45. The van der Waals surface area contributed by atoms with Crippen molar-refractivity contribution in [1.82, 2.24) is 29.4 Å². The molecule has 2 aliphatic carbocycles. The van der Waals surface area contributed by atoms with E-state index in [-0.39, 0.29) is 11.8 Å². The number of nitrogens with zero attached hydrogens (tertiary/aromatic N) is 6. The largest absolute Gasteiger partial charge is 0.343 e. The Morgan fingerprint density at radius 3 is 1.46 bits per heavy atom. The average Bonchev–Trinajstić information content (AvgIpc) is 3.14. The lowest BCUT2D eigenvalue weighted by Crippen LogP contribution is -2.53. The molecule has 0 spiro atoms. The van der Waals surface area contributed by atoms with Gasteiger partial charge in [0, 0.05) is 52.4 Å². The van der Waals surface area contributed by atoms with Crippen LogP contribution in [0.4, 0.5) is 0 Å². The summed E-state index contributed by atoms with van der Waals surface area (Å²) in [4.78, 5) is 36.3. The van der Waals surface area contributed by atoms with Gasteiger partial charge in [-0.3, -0.25) is 19.4 Å². The van der Waals surface area contributed by atoms with Gasteiger partial charge in [-0.05, 0) is 91.4 Å². The zero-order chi connectivity index (χ0) is 25.5. The number of amides is 2. The minimum absolute atomic E-state index is 0.278. The first kappa shape index (κ1) is 28.4. The molecule has 0 N–H and O–H groups in total. The Balaban J connectivity index is 0.000000196. The highest BCUT2D eigenvalue weighted by atomic mass is 16.2. The van der Waals surface area contributed by atoms with Gasteiger partial charge in [0.25, 0.3) is 0 Å². The molecule has 4 rings (SSSR count). The summed E-state index contributed by atoms with van der Waals surface area (Å²) in [6.45, 7) is 6.50. The van der Waals surface area contributed by atoms with Crippen LogP contribution in [0.5, 0.6) is 0 Å². The van der Waals surface area contributed by atoms with E-state index in [1.54, 1.807) is 0 Å². The first-order chi connectivity index (χ1) is 16.6. The van der Waals surface area contributed by atoms with E-state index in [4.69, 9.17) is 0 Å². The fraction of sp³-hybridized carbons (Fsp3) is 0.926. The number of carbonyl (C=O) groups is 2. The fourth-order valence-electron chi connectivity index (χ4n) is 6.45. The van der Waals surface area contributed by atoms with Gasteiger partial charge in [0.2, 0.25) is 11.8 Å². The van der Waals surface area contributed by atoms with Crippen molar-refractivity contribution in [1.29, 1.82) is 0 Å². The molecule has 2 saturated heterocycles. The number of hydrogen-bond donors (Lipinski definition) is 0. The molecule has 2 heterocycles. The van der Waals surface area contributed by atoms with Crippen LogP contribution in [0, 0.1) is 11.8 Å². The SMILES string of the molecule is CN(C)CC1CCC(N2CC(=O)N(C)C2)CC1.CN(C)CC1CCC(N2CCN(C)C(=O)C2)CC1. The second kappa shape index (κ2) is 13.4. The lowest BCUT2D eigenvalue weighted by atomic mass is 9.85. The quantitative estimate of drug-likeness (QED) is 0.563. The summed E-state index contributed by atoms with van der Waals surface area (Å²) in [6, 6.07) is 1.29.